The minimum Gasteiger partial charge on any atom is -0.508 e. The Morgan fingerprint density at radius 3 is 2.33 bits per heavy atom. The summed E-state index contributed by atoms with van der Waals surface area (Å²) < 4.78 is 2.19. The van der Waals surface area contributed by atoms with Crippen LogP contribution in [0.4, 0.5) is 0 Å². The molecule has 0 aliphatic heterocycles. The molecule has 1 aromatic carbocycles. The average molecular weight is 201 g/mol. The molecule has 2 heteroatoms. The van der Waals surface area contributed by atoms with E-state index >= 15 is 0 Å². The highest BCUT2D eigenvalue weighted by Gasteiger charge is 2.04. The topological polar surface area (TPSA) is 25.2 Å². The number of aromatic hydroxyl groups is 1. The Morgan fingerprint density at radius 2 is 1.73 bits per heavy atom. The monoisotopic (exact) mass is 201 g/mol. The number of phenolic OH excluding ortho intramolecular Hbond substituents is 1. The number of rotatable bonds is 3. The Balaban J connectivity index is 2.06. The normalized spacial score (nSPS) is 12.6. The number of hydrogen-bond acceptors (Lipinski definition) is 1. The van der Waals surface area contributed by atoms with Gasteiger partial charge >= 0.3 is 0 Å². The molecular formula is C13H15NO. The van der Waals surface area contributed by atoms with Crippen molar-refractivity contribution in [2.75, 3.05) is 0 Å². The molecule has 0 radical (unpaired) electrons. The van der Waals surface area contributed by atoms with Gasteiger partial charge < -0.3 is 9.67 Å². The third kappa shape index (κ3) is 2.40. The number of aromatic nitrogens is 1. The predicted molar refractivity (Wildman–Crippen MR) is 61.0 cm³/mol. The van der Waals surface area contributed by atoms with Crippen molar-refractivity contribution < 1.29 is 5.11 Å². The lowest BCUT2D eigenvalue weighted by molar-refractivity contribution is 0.474. The fourth-order valence-electron chi connectivity index (χ4n) is 1.72. The standard InChI is InChI=1S/C13H15NO/c1-11(14-8-2-3-9-14)10-12-4-6-13(15)7-5-12/h2-9,11,15H,10H2,1H3. The quantitative estimate of drug-likeness (QED) is 0.811. The average Bonchev–Trinajstić information content (AvgIpc) is 2.74. The summed E-state index contributed by atoms with van der Waals surface area (Å²) in [6, 6.07) is 11.9. The van der Waals surface area contributed by atoms with Crippen LogP contribution in [-0.4, -0.2) is 9.67 Å². The molecule has 1 aromatic heterocycles. The van der Waals surface area contributed by atoms with E-state index in [0.717, 1.165) is 6.42 Å². The summed E-state index contributed by atoms with van der Waals surface area (Å²) in [6.07, 6.45) is 5.13. The Kier molecular flexibility index (Phi) is 2.77. The molecule has 0 bridgehead atoms. The van der Waals surface area contributed by atoms with Crippen LogP contribution in [-0.2, 0) is 6.42 Å². The highest BCUT2D eigenvalue weighted by atomic mass is 16.3. The first-order valence-corrected chi connectivity index (χ1v) is 5.16. The number of benzene rings is 1. The minimum atomic E-state index is 0.326. The second-order valence-electron chi connectivity index (χ2n) is 3.85. The van der Waals surface area contributed by atoms with E-state index in [-0.39, 0.29) is 0 Å². The van der Waals surface area contributed by atoms with Crippen molar-refractivity contribution in [1.29, 1.82) is 0 Å². The SMILES string of the molecule is CC(Cc1ccc(O)cc1)n1cccc1. The van der Waals surface area contributed by atoms with E-state index < -0.39 is 0 Å². The van der Waals surface area contributed by atoms with Gasteiger partial charge in [-0.15, -0.1) is 0 Å². The molecule has 0 saturated heterocycles. The molecule has 78 valence electrons. The van der Waals surface area contributed by atoms with E-state index in [1.54, 1.807) is 12.1 Å². The van der Waals surface area contributed by atoms with Gasteiger partial charge in [0, 0.05) is 18.4 Å². The summed E-state index contributed by atoms with van der Waals surface area (Å²) in [4.78, 5) is 0. The molecule has 2 rings (SSSR count). The van der Waals surface area contributed by atoms with Crippen molar-refractivity contribution >= 4 is 0 Å². The van der Waals surface area contributed by atoms with Crippen molar-refractivity contribution in [2.24, 2.45) is 0 Å². The van der Waals surface area contributed by atoms with Gasteiger partial charge in [0.05, 0.1) is 0 Å². The first kappa shape index (κ1) is 9.84. The highest BCUT2D eigenvalue weighted by Crippen LogP contribution is 2.16. The van der Waals surface area contributed by atoms with Gasteiger partial charge in [-0.3, -0.25) is 0 Å². The second kappa shape index (κ2) is 4.22. The maximum Gasteiger partial charge on any atom is 0.115 e. The summed E-state index contributed by atoms with van der Waals surface area (Å²) in [5.41, 5.74) is 1.24. The molecule has 0 saturated carbocycles. The lowest BCUT2D eigenvalue weighted by Gasteiger charge is -2.13. The zero-order valence-corrected chi connectivity index (χ0v) is 8.80. The van der Waals surface area contributed by atoms with E-state index in [4.69, 9.17) is 5.11 Å². The summed E-state index contributed by atoms with van der Waals surface area (Å²) in [5.74, 6) is 0.326. The molecule has 0 spiro atoms. The molecule has 0 aliphatic rings. The Hall–Kier alpha value is -1.70. The maximum absolute atomic E-state index is 9.17. The van der Waals surface area contributed by atoms with Crippen molar-refractivity contribution in [1.82, 2.24) is 4.57 Å². The summed E-state index contributed by atoms with van der Waals surface area (Å²) >= 11 is 0. The fourth-order valence-corrected chi connectivity index (χ4v) is 1.72. The molecule has 1 N–H and O–H groups in total. The van der Waals surface area contributed by atoms with Gasteiger partial charge in [0.25, 0.3) is 0 Å². The van der Waals surface area contributed by atoms with Gasteiger partial charge in [-0.2, -0.15) is 0 Å². The molecule has 15 heavy (non-hydrogen) atoms. The largest absolute Gasteiger partial charge is 0.508 e. The zero-order chi connectivity index (χ0) is 10.7. The predicted octanol–water partition coefficient (Wildman–Crippen LogP) is 3.00. The molecule has 0 amide bonds. The first-order valence-electron chi connectivity index (χ1n) is 5.16. The van der Waals surface area contributed by atoms with Crippen LogP contribution in [0.15, 0.2) is 48.8 Å². The molecule has 1 heterocycles. The first-order chi connectivity index (χ1) is 7.25. The zero-order valence-electron chi connectivity index (χ0n) is 8.80. The van der Waals surface area contributed by atoms with E-state index in [1.165, 1.54) is 5.56 Å². The number of phenols is 1. The lowest BCUT2D eigenvalue weighted by atomic mass is 10.1. The van der Waals surface area contributed by atoms with Gasteiger partial charge in [-0.05, 0) is 43.2 Å². The van der Waals surface area contributed by atoms with Crippen molar-refractivity contribution in [3.05, 3.63) is 54.4 Å². The minimum absolute atomic E-state index is 0.326. The second-order valence-corrected chi connectivity index (χ2v) is 3.85. The summed E-state index contributed by atoms with van der Waals surface area (Å²) in [6.45, 7) is 2.19. The van der Waals surface area contributed by atoms with E-state index in [9.17, 15) is 0 Å². The molecule has 2 nitrogen and oxygen atoms in total. The molecule has 0 aliphatic carbocycles. The molecule has 2 aromatic rings. The molecule has 1 atom stereocenters. The van der Waals surface area contributed by atoms with Crippen LogP contribution in [0.1, 0.15) is 18.5 Å². The van der Waals surface area contributed by atoms with Gasteiger partial charge in [0.1, 0.15) is 5.75 Å². The smallest absolute Gasteiger partial charge is 0.115 e. The molecular weight excluding hydrogens is 186 g/mol. The number of hydrogen-bond donors (Lipinski definition) is 1. The van der Waals surface area contributed by atoms with Crippen LogP contribution in [0.3, 0.4) is 0 Å². The Labute approximate surface area is 89.8 Å². The van der Waals surface area contributed by atoms with Crippen molar-refractivity contribution in [2.45, 2.75) is 19.4 Å². The number of nitrogens with zero attached hydrogens (tertiary/aromatic N) is 1. The van der Waals surface area contributed by atoms with Crippen molar-refractivity contribution in [3.63, 3.8) is 0 Å². The van der Waals surface area contributed by atoms with Crippen molar-refractivity contribution in [3.8, 4) is 5.75 Å². The van der Waals surface area contributed by atoms with Crippen LogP contribution in [0.5, 0.6) is 5.75 Å². The van der Waals surface area contributed by atoms with Crippen LogP contribution in [0, 0.1) is 0 Å². The summed E-state index contributed by atoms with van der Waals surface area (Å²) in [5, 5.41) is 9.17. The third-order valence-electron chi connectivity index (χ3n) is 2.60. The Bertz CT molecular complexity index is 403. The van der Waals surface area contributed by atoms with Gasteiger partial charge in [-0.1, -0.05) is 12.1 Å². The molecule has 0 fully saturated rings. The Morgan fingerprint density at radius 1 is 1.13 bits per heavy atom. The van der Waals surface area contributed by atoms with Gasteiger partial charge in [0.2, 0.25) is 0 Å². The maximum atomic E-state index is 9.17. The molecule has 1 unspecified atom stereocenters. The fraction of sp³-hybridized carbons (Fsp3) is 0.231. The van der Waals surface area contributed by atoms with Crippen LogP contribution < -0.4 is 0 Å². The van der Waals surface area contributed by atoms with E-state index in [0.29, 0.717) is 11.8 Å². The van der Waals surface area contributed by atoms with Crippen LogP contribution in [0.2, 0.25) is 0 Å². The third-order valence-corrected chi connectivity index (χ3v) is 2.60. The lowest BCUT2D eigenvalue weighted by Crippen LogP contribution is -2.05. The summed E-state index contributed by atoms with van der Waals surface area (Å²) in [7, 11) is 0. The highest BCUT2D eigenvalue weighted by molar-refractivity contribution is 5.26. The van der Waals surface area contributed by atoms with Crippen LogP contribution >= 0.6 is 0 Å². The van der Waals surface area contributed by atoms with Gasteiger partial charge in [0.15, 0.2) is 0 Å². The van der Waals surface area contributed by atoms with E-state index in [1.807, 2.05) is 24.3 Å². The van der Waals surface area contributed by atoms with Crippen LogP contribution in [0.25, 0.3) is 0 Å². The van der Waals surface area contributed by atoms with Gasteiger partial charge in [-0.25, -0.2) is 0 Å². The van der Waals surface area contributed by atoms with E-state index in [2.05, 4.69) is 23.9 Å².